The number of hydrogen-bond acceptors (Lipinski definition) is 6. The zero-order valence-corrected chi connectivity index (χ0v) is 11.4. The normalized spacial score (nSPS) is 21.3. The Labute approximate surface area is 113 Å². The molecule has 1 unspecified atom stereocenters. The molecule has 0 bridgehead atoms. The largest absolute Gasteiger partial charge is 0.474 e. The van der Waals surface area contributed by atoms with E-state index in [1.807, 2.05) is 0 Å². The van der Waals surface area contributed by atoms with Crippen LogP contribution in [0.4, 0.5) is 5.82 Å². The fraction of sp³-hybridized carbons (Fsp3) is 0.692. The number of nitrogens with zero attached hydrogens (tertiary/aromatic N) is 2. The van der Waals surface area contributed by atoms with Crippen LogP contribution in [0.25, 0.3) is 0 Å². The van der Waals surface area contributed by atoms with Crippen molar-refractivity contribution < 1.29 is 14.6 Å². The Bertz CT molecular complexity index is 412. The van der Waals surface area contributed by atoms with Crippen molar-refractivity contribution in [3.8, 4) is 5.88 Å². The minimum Gasteiger partial charge on any atom is -0.474 e. The maximum Gasteiger partial charge on any atom is 0.234 e. The molecule has 2 rings (SSSR count). The van der Waals surface area contributed by atoms with Gasteiger partial charge in [0.15, 0.2) is 0 Å². The van der Waals surface area contributed by atoms with Crippen molar-refractivity contribution in [1.29, 1.82) is 0 Å². The Morgan fingerprint density at radius 3 is 3.05 bits per heavy atom. The Balaban J connectivity index is 1.82. The lowest BCUT2D eigenvalue weighted by atomic mass is 10.1. The van der Waals surface area contributed by atoms with Crippen LogP contribution in [0.15, 0.2) is 12.4 Å². The van der Waals surface area contributed by atoms with Gasteiger partial charge < -0.3 is 19.9 Å². The number of aliphatic hydroxyl groups excluding tert-OH is 1. The molecule has 0 spiro atoms. The smallest absolute Gasteiger partial charge is 0.234 e. The zero-order chi connectivity index (χ0) is 13.7. The maximum atomic E-state index is 8.69. The van der Waals surface area contributed by atoms with E-state index in [4.69, 9.17) is 14.6 Å². The molecule has 0 amide bonds. The van der Waals surface area contributed by atoms with Gasteiger partial charge in [0, 0.05) is 6.54 Å². The predicted octanol–water partition coefficient (Wildman–Crippen LogP) is 1.22. The number of hydrogen-bond donors (Lipinski definition) is 2. The van der Waals surface area contributed by atoms with Crippen LogP contribution in [0.5, 0.6) is 5.88 Å². The second-order valence-corrected chi connectivity index (χ2v) is 5.23. The highest BCUT2D eigenvalue weighted by Crippen LogP contribution is 2.29. The fourth-order valence-corrected chi connectivity index (χ4v) is 2.09. The van der Waals surface area contributed by atoms with E-state index >= 15 is 0 Å². The summed E-state index contributed by atoms with van der Waals surface area (Å²) >= 11 is 0. The van der Waals surface area contributed by atoms with Gasteiger partial charge in [0.2, 0.25) is 5.88 Å². The van der Waals surface area contributed by atoms with Gasteiger partial charge in [-0.2, -0.15) is 4.98 Å². The van der Waals surface area contributed by atoms with Gasteiger partial charge in [-0.3, -0.25) is 4.98 Å². The monoisotopic (exact) mass is 267 g/mol. The minimum atomic E-state index is -0.0374. The van der Waals surface area contributed by atoms with Gasteiger partial charge in [0.25, 0.3) is 0 Å². The van der Waals surface area contributed by atoms with Gasteiger partial charge in [-0.05, 0) is 26.7 Å². The highest BCUT2D eigenvalue weighted by Gasteiger charge is 2.31. The molecule has 1 aromatic rings. The van der Waals surface area contributed by atoms with Crippen LogP contribution >= 0.6 is 0 Å². The molecule has 6 heteroatoms. The first kappa shape index (κ1) is 14.0. The van der Waals surface area contributed by atoms with E-state index in [1.54, 1.807) is 6.20 Å². The van der Waals surface area contributed by atoms with Gasteiger partial charge in [0.05, 0.1) is 30.7 Å². The molecular formula is C13H21N3O3. The molecular weight excluding hydrogens is 246 g/mol. The summed E-state index contributed by atoms with van der Waals surface area (Å²) in [4.78, 5) is 8.28. The molecule has 0 saturated carbocycles. The average Bonchev–Trinajstić information content (AvgIpc) is 2.74. The molecule has 1 aliphatic heterocycles. The predicted molar refractivity (Wildman–Crippen MR) is 71.3 cm³/mol. The molecule has 0 aromatic carbocycles. The lowest BCUT2D eigenvalue weighted by Gasteiger charge is -2.19. The quantitative estimate of drug-likeness (QED) is 0.807. The molecule has 1 aromatic heterocycles. The van der Waals surface area contributed by atoms with Crippen LogP contribution in [-0.4, -0.2) is 46.5 Å². The van der Waals surface area contributed by atoms with Crippen molar-refractivity contribution in [2.24, 2.45) is 0 Å². The number of nitrogens with one attached hydrogen (secondary N) is 1. The summed E-state index contributed by atoms with van der Waals surface area (Å²) in [7, 11) is 0. The van der Waals surface area contributed by atoms with E-state index in [0.29, 0.717) is 18.2 Å². The first-order valence-corrected chi connectivity index (χ1v) is 6.56. The zero-order valence-electron chi connectivity index (χ0n) is 11.4. The third kappa shape index (κ3) is 4.33. The van der Waals surface area contributed by atoms with Gasteiger partial charge >= 0.3 is 0 Å². The SMILES string of the molecule is CC1(C)CCC(CNc2cncc(OCCO)n2)O1. The highest BCUT2D eigenvalue weighted by molar-refractivity contribution is 5.33. The average molecular weight is 267 g/mol. The highest BCUT2D eigenvalue weighted by atomic mass is 16.5. The van der Waals surface area contributed by atoms with Crippen molar-refractivity contribution >= 4 is 5.82 Å². The van der Waals surface area contributed by atoms with Crippen molar-refractivity contribution in [2.75, 3.05) is 25.1 Å². The van der Waals surface area contributed by atoms with Crippen molar-refractivity contribution in [1.82, 2.24) is 9.97 Å². The lowest BCUT2D eigenvalue weighted by molar-refractivity contribution is -0.00914. The van der Waals surface area contributed by atoms with Gasteiger partial charge in [-0.25, -0.2) is 0 Å². The van der Waals surface area contributed by atoms with Crippen LogP contribution in [0.1, 0.15) is 26.7 Å². The van der Waals surface area contributed by atoms with Crippen molar-refractivity contribution in [2.45, 2.75) is 38.4 Å². The summed E-state index contributed by atoms with van der Waals surface area (Å²) in [6.45, 7) is 5.11. The van der Waals surface area contributed by atoms with Crippen molar-refractivity contribution in [3.63, 3.8) is 0 Å². The second kappa shape index (κ2) is 6.16. The van der Waals surface area contributed by atoms with Crippen LogP contribution < -0.4 is 10.1 Å². The molecule has 2 heterocycles. The van der Waals surface area contributed by atoms with Crippen LogP contribution in [0, 0.1) is 0 Å². The molecule has 2 N–H and O–H groups in total. The van der Waals surface area contributed by atoms with Crippen molar-refractivity contribution in [3.05, 3.63) is 12.4 Å². The van der Waals surface area contributed by atoms with Crippen LogP contribution in [0.3, 0.4) is 0 Å². The lowest BCUT2D eigenvalue weighted by Crippen LogP contribution is -2.25. The summed E-state index contributed by atoms with van der Waals surface area (Å²) < 4.78 is 11.1. The maximum absolute atomic E-state index is 8.69. The Morgan fingerprint density at radius 2 is 2.37 bits per heavy atom. The van der Waals surface area contributed by atoms with Gasteiger partial charge in [-0.1, -0.05) is 0 Å². The first-order valence-electron chi connectivity index (χ1n) is 6.56. The molecule has 0 radical (unpaired) electrons. The van der Waals surface area contributed by atoms with E-state index in [9.17, 15) is 0 Å². The molecule has 0 aliphatic carbocycles. The molecule has 1 aliphatic rings. The number of rotatable bonds is 6. The van der Waals surface area contributed by atoms with E-state index in [2.05, 4.69) is 29.1 Å². The third-order valence-electron chi connectivity index (χ3n) is 3.02. The molecule has 1 atom stereocenters. The van der Waals surface area contributed by atoms with E-state index < -0.39 is 0 Å². The Morgan fingerprint density at radius 1 is 1.53 bits per heavy atom. The standard InChI is InChI=1S/C13H21N3O3/c1-13(2)4-3-10(19-13)7-15-11-8-14-9-12(16-11)18-6-5-17/h8-10,17H,3-7H2,1-2H3,(H,15,16). The first-order chi connectivity index (χ1) is 9.09. The third-order valence-corrected chi connectivity index (χ3v) is 3.02. The Hall–Kier alpha value is -1.40. The molecule has 1 saturated heterocycles. The second-order valence-electron chi connectivity index (χ2n) is 5.23. The summed E-state index contributed by atoms with van der Waals surface area (Å²) in [5.74, 6) is 1.07. The number of ether oxygens (including phenoxy) is 2. The van der Waals surface area contributed by atoms with E-state index in [1.165, 1.54) is 6.20 Å². The summed E-state index contributed by atoms with van der Waals surface area (Å²) in [6, 6.07) is 0. The van der Waals surface area contributed by atoms with Gasteiger partial charge in [-0.15, -0.1) is 0 Å². The molecule has 6 nitrogen and oxygen atoms in total. The number of aromatic nitrogens is 2. The number of aliphatic hydroxyl groups is 1. The molecule has 1 fully saturated rings. The van der Waals surface area contributed by atoms with Gasteiger partial charge in [0.1, 0.15) is 12.4 Å². The van der Waals surface area contributed by atoms with E-state index in [-0.39, 0.29) is 24.9 Å². The minimum absolute atomic E-state index is 0.0237. The molecule has 19 heavy (non-hydrogen) atoms. The fourth-order valence-electron chi connectivity index (χ4n) is 2.09. The topological polar surface area (TPSA) is 76.5 Å². The summed E-state index contributed by atoms with van der Waals surface area (Å²) in [5, 5.41) is 11.9. The van der Waals surface area contributed by atoms with E-state index in [0.717, 1.165) is 12.8 Å². The summed E-state index contributed by atoms with van der Waals surface area (Å²) in [6.07, 6.45) is 5.50. The Kier molecular flexibility index (Phi) is 4.55. The van der Waals surface area contributed by atoms with Crippen LogP contribution in [-0.2, 0) is 4.74 Å². The number of anilines is 1. The van der Waals surface area contributed by atoms with Crippen LogP contribution in [0.2, 0.25) is 0 Å². The summed E-state index contributed by atoms with van der Waals surface area (Å²) in [5.41, 5.74) is -0.0237. The molecule has 106 valence electrons.